The van der Waals surface area contributed by atoms with Crippen molar-refractivity contribution in [2.75, 3.05) is 40.9 Å². The summed E-state index contributed by atoms with van der Waals surface area (Å²) < 4.78 is 34.8. The molecule has 2 saturated heterocycles. The van der Waals surface area contributed by atoms with Gasteiger partial charge in [0.05, 0.1) is 12.2 Å². The summed E-state index contributed by atoms with van der Waals surface area (Å²) in [7, 11) is 0. The van der Waals surface area contributed by atoms with Crippen LogP contribution in [0.2, 0.25) is 0 Å². The third-order valence-electron chi connectivity index (χ3n) is 5.47. The normalized spacial score (nSPS) is 22.9. The molecular formula is C20H24F2N2O3S. The van der Waals surface area contributed by atoms with Crippen molar-refractivity contribution in [3.63, 3.8) is 0 Å². The minimum absolute atomic E-state index is 0.0228. The van der Waals surface area contributed by atoms with Crippen molar-refractivity contribution in [1.29, 1.82) is 0 Å². The molecule has 1 atom stereocenters. The fourth-order valence-electron chi connectivity index (χ4n) is 3.78. The molecule has 28 heavy (non-hydrogen) atoms. The van der Waals surface area contributed by atoms with Crippen LogP contribution in [0.5, 0.6) is 0 Å². The molecule has 152 valence electrons. The first-order valence-electron chi connectivity index (χ1n) is 9.85. The fraction of sp³-hybridized carbons (Fsp3) is 0.600. The molecule has 2 heterocycles. The maximum absolute atomic E-state index is 14.7. The second-order valence-electron chi connectivity index (χ2n) is 7.61. The van der Waals surface area contributed by atoms with Crippen molar-refractivity contribution in [2.45, 2.75) is 38.2 Å². The lowest BCUT2D eigenvalue weighted by atomic mass is 10.1. The van der Waals surface area contributed by atoms with Crippen molar-refractivity contribution >= 4 is 35.0 Å². The van der Waals surface area contributed by atoms with Gasteiger partial charge in [-0.1, -0.05) is 0 Å². The molecule has 2 aliphatic heterocycles. The van der Waals surface area contributed by atoms with Gasteiger partial charge < -0.3 is 9.64 Å². The lowest BCUT2D eigenvalue weighted by Crippen LogP contribution is -2.29. The summed E-state index contributed by atoms with van der Waals surface area (Å²) >= 11 is 1.78. The lowest BCUT2D eigenvalue weighted by molar-refractivity contribution is -0.120. The summed E-state index contributed by atoms with van der Waals surface area (Å²) in [5.74, 6) is 0.889. The number of Topliss-reactive ketones (excluding diaryl/α,β-unsaturated/α-hetero) is 1. The molecule has 8 heteroatoms. The number of hydrogen-bond acceptors (Lipinski definition) is 5. The number of carbonyl (C=O) groups excluding carboxylic acids is 2. The molecule has 0 aromatic heterocycles. The first-order chi connectivity index (χ1) is 13.5. The molecule has 4 rings (SSSR count). The van der Waals surface area contributed by atoms with Crippen LogP contribution in [0.25, 0.3) is 0 Å². The molecule has 1 aromatic rings. The van der Waals surface area contributed by atoms with E-state index in [1.165, 1.54) is 17.0 Å². The standard InChI is InChI=1S/C20H24F2N2O3S/c21-16-10-14(11-17(22)19(16)23-6-1-8-28-9-7-23)24-12-15(27-20(24)26)4-5-18(25)13-2-3-13/h10-11,13,15H,1-9,12H2/t15-/m0/s1. The highest BCUT2D eigenvalue weighted by Gasteiger charge is 2.35. The van der Waals surface area contributed by atoms with Crippen molar-refractivity contribution in [1.82, 2.24) is 0 Å². The molecule has 1 saturated carbocycles. The number of hydrogen-bond donors (Lipinski definition) is 0. The minimum Gasteiger partial charge on any atom is -0.444 e. The van der Waals surface area contributed by atoms with Gasteiger partial charge in [-0.2, -0.15) is 11.8 Å². The Hall–Kier alpha value is -1.83. The average Bonchev–Trinajstić information content (AvgIpc) is 3.46. The van der Waals surface area contributed by atoms with Crippen molar-refractivity contribution in [2.24, 2.45) is 5.92 Å². The number of carbonyl (C=O) groups is 2. The first kappa shape index (κ1) is 19.5. The van der Waals surface area contributed by atoms with E-state index in [4.69, 9.17) is 4.74 Å². The molecule has 5 nitrogen and oxygen atoms in total. The van der Waals surface area contributed by atoms with Crippen molar-refractivity contribution in [3.05, 3.63) is 23.8 Å². The predicted octanol–water partition coefficient (Wildman–Crippen LogP) is 3.99. The van der Waals surface area contributed by atoms with E-state index in [2.05, 4.69) is 0 Å². The van der Waals surface area contributed by atoms with E-state index in [-0.39, 0.29) is 29.6 Å². The molecular weight excluding hydrogens is 386 g/mol. The van der Waals surface area contributed by atoms with Crippen molar-refractivity contribution in [3.8, 4) is 0 Å². The van der Waals surface area contributed by atoms with E-state index in [0.717, 1.165) is 30.8 Å². The quantitative estimate of drug-likeness (QED) is 0.710. The monoisotopic (exact) mass is 410 g/mol. The number of ether oxygens (including phenoxy) is 1. The van der Waals surface area contributed by atoms with Gasteiger partial charge in [-0.15, -0.1) is 0 Å². The molecule has 0 radical (unpaired) electrons. The second-order valence-corrected chi connectivity index (χ2v) is 8.83. The number of nitrogens with zero attached hydrogens (tertiary/aromatic N) is 2. The van der Waals surface area contributed by atoms with Gasteiger partial charge in [-0.05, 0) is 31.4 Å². The smallest absolute Gasteiger partial charge is 0.414 e. The molecule has 0 N–H and O–H groups in total. The molecule has 3 aliphatic rings. The summed E-state index contributed by atoms with van der Waals surface area (Å²) in [4.78, 5) is 27.0. The summed E-state index contributed by atoms with van der Waals surface area (Å²) in [6.45, 7) is 1.42. The van der Waals surface area contributed by atoms with Gasteiger partial charge in [-0.25, -0.2) is 13.6 Å². The molecule has 1 amide bonds. The van der Waals surface area contributed by atoms with Crippen LogP contribution in [0.4, 0.5) is 25.0 Å². The van der Waals surface area contributed by atoms with Gasteiger partial charge in [0.15, 0.2) is 11.6 Å². The lowest BCUT2D eigenvalue weighted by Gasteiger charge is -2.24. The summed E-state index contributed by atoms with van der Waals surface area (Å²) in [5.41, 5.74) is 0.134. The summed E-state index contributed by atoms with van der Waals surface area (Å²) in [5, 5.41) is 0. The Labute approximate surface area is 167 Å². The number of rotatable bonds is 6. The van der Waals surface area contributed by atoms with Crippen LogP contribution >= 0.6 is 11.8 Å². The Bertz CT molecular complexity index is 741. The second kappa shape index (κ2) is 8.27. The topological polar surface area (TPSA) is 49.9 Å². The Balaban J connectivity index is 1.44. The van der Waals surface area contributed by atoms with Gasteiger partial charge in [0.1, 0.15) is 17.6 Å². The molecule has 0 spiro atoms. The zero-order chi connectivity index (χ0) is 19.7. The highest BCUT2D eigenvalue weighted by atomic mass is 32.2. The number of thioether (sulfide) groups is 1. The Morgan fingerprint density at radius 1 is 1.18 bits per heavy atom. The van der Waals surface area contributed by atoms with Crippen LogP contribution in [0.3, 0.4) is 0 Å². The number of ketones is 1. The maximum Gasteiger partial charge on any atom is 0.414 e. The van der Waals surface area contributed by atoms with E-state index in [1.807, 2.05) is 0 Å². The molecule has 3 fully saturated rings. The molecule has 1 aliphatic carbocycles. The predicted molar refractivity (Wildman–Crippen MR) is 105 cm³/mol. The van der Waals surface area contributed by atoms with Crippen LogP contribution in [0.1, 0.15) is 32.1 Å². The van der Waals surface area contributed by atoms with Gasteiger partial charge >= 0.3 is 6.09 Å². The number of anilines is 2. The largest absolute Gasteiger partial charge is 0.444 e. The number of amides is 1. The first-order valence-corrected chi connectivity index (χ1v) is 11.0. The van der Waals surface area contributed by atoms with E-state index in [9.17, 15) is 18.4 Å². The zero-order valence-corrected chi connectivity index (χ0v) is 16.5. The van der Waals surface area contributed by atoms with Gasteiger partial charge in [0, 0.05) is 43.3 Å². The molecule has 0 unspecified atom stereocenters. The molecule has 0 bridgehead atoms. The molecule has 1 aromatic carbocycles. The van der Waals surface area contributed by atoms with Crippen LogP contribution in [-0.4, -0.2) is 49.1 Å². The Morgan fingerprint density at radius 2 is 1.93 bits per heavy atom. The van der Waals surface area contributed by atoms with Crippen LogP contribution in [-0.2, 0) is 9.53 Å². The van der Waals surface area contributed by atoms with E-state index in [1.54, 1.807) is 16.7 Å². The SMILES string of the molecule is O=C(CC[C@H]1CN(c2cc(F)c(N3CCCSCC3)c(F)c2)C(=O)O1)C1CC1. The van der Waals surface area contributed by atoms with Crippen LogP contribution < -0.4 is 9.80 Å². The maximum atomic E-state index is 14.7. The number of cyclic esters (lactones) is 1. The third-order valence-corrected chi connectivity index (χ3v) is 6.52. The van der Waals surface area contributed by atoms with Crippen molar-refractivity contribution < 1.29 is 23.1 Å². The van der Waals surface area contributed by atoms with E-state index < -0.39 is 23.8 Å². The van der Waals surface area contributed by atoms with Crippen LogP contribution in [0, 0.1) is 17.6 Å². The highest BCUT2D eigenvalue weighted by molar-refractivity contribution is 7.99. The minimum atomic E-state index is -0.665. The third kappa shape index (κ3) is 4.26. The number of benzene rings is 1. The van der Waals surface area contributed by atoms with Gasteiger partial charge in [0.2, 0.25) is 0 Å². The zero-order valence-electron chi connectivity index (χ0n) is 15.7. The van der Waals surface area contributed by atoms with Gasteiger partial charge in [0.25, 0.3) is 0 Å². The average molecular weight is 410 g/mol. The van der Waals surface area contributed by atoms with E-state index >= 15 is 0 Å². The number of halogens is 2. The highest BCUT2D eigenvalue weighted by Crippen LogP contribution is 2.34. The summed E-state index contributed by atoms with van der Waals surface area (Å²) in [6, 6.07) is 2.41. The Kier molecular flexibility index (Phi) is 5.75. The Morgan fingerprint density at radius 3 is 2.64 bits per heavy atom. The van der Waals surface area contributed by atoms with Gasteiger partial charge in [-0.3, -0.25) is 9.69 Å². The summed E-state index contributed by atoms with van der Waals surface area (Å²) in [6.07, 6.45) is 2.57. The van der Waals surface area contributed by atoms with E-state index in [0.29, 0.717) is 25.9 Å². The van der Waals surface area contributed by atoms with Crippen LogP contribution in [0.15, 0.2) is 12.1 Å². The fourth-order valence-corrected chi connectivity index (χ4v) is 4.66.